The van der Waals surface area contributed by atoms with Crippen molar-refractivity contribution >= 4 is 22.8 Å². The number of hydrazine groups is 1. The monoisotopic (exact) mass is 352 g/mol. The molecule has 0 atom stereocenters. The molecule has 1 aromatic heterocycles. The first-order valence-electron chi connectivity index (χ1n) is 8.23. The fourth-order valence-corrected chi connectivity index (χ4v) is 2.77. The zero-order chi connectivity index (χ0) is 18.7. The molecule has 3 aromatic rings. The first-order valence-corrected chi connectivity index (χ1v) is 8.23. The number of amides is 2. The van der Waals surface area contributed by atoms with E-state index in [2.05, 4.69) is 10.9 Å². The van der Waals surface area contributed by atoms with Crippen LogP contribution in [0.5, 0.6) is 5.75 Å². The highest BCUT2D eigenvalue weighted by Gasteiger charge is 2.18. The van der Waals surface area contributed by atoms with E-state index >= 15 is 0 Å². The lowest BCUT2D eigenvalue weighted by atomic mass is 10.1. The molecule has 1 heterocycles. The summed E-state index contributed by atoms with van der Waals surface area (Å²) in [5.41, 5.74) is 7.93. The molecule has 0 saturated carbocycles. The molecule has 2 N–H and O–H groups in total. The van der Waals surface area contributed by atoms with Crippen molar-refractivity contribution in [3.05, 3.63) is 64.9 Å². The van der Waals surface area contributed by atoms with Gasteiger partial charge in [-0.15, -0.1) is 0 Å². The Morgan fingerprint density at radius 2 is 1.65 bits per heavy atom. The van der Waals surface area contributed by atoms with Gasteiger partial charge >= 0.3 is 5.91 Å². The molecule has 0 radical (unpaired) electrons. The van der Waals surface area contributed by atoms with Crippen LogP contribution < -0.4 is 15.6 Å². The van der Waals surface area contributed by atoms with E-state index in [1.54, 1.807) is 13.0 Å². The van der Waals surface area contributed by atoms with Crippen LogP contribution in [0.3, 0.4) is 0 Å². The van der Waals surface area contributed by atoms with Crippen LogP contribution in [0.25, 0.3) is 11.0 Å². The van der Waals surface area contributed by atoms with Crippen LogP contribution in [0.4, 0.5) is 0 Å². The number of benzene rings is 2. The second-order valence-electron chi connectivity index (χ2n) is 6.06. The molecular weight excluding hydrogens is 332 g/mol. The number of carbonyl (C=O) groups is 2. The maximum absolute atomic E-state index is 12.3. The van der Waals surface area contributed by atoms with Crippen LogP contribution in [-0.2, 0) is 4.79 Å². The number of para-hydroxylation sites is 2. The van der Waals surface area contributed by atoms with Crippen molar-refractivity contribution in [2.24, 2.45) is 0 Å². The average molecular weight is 352 g/mol. The third kappa shape index (κ3) is 3.54. The molecular formula is C20H20N2O4. The van der Waals surface area contributed by atoms with Crippen LogP contribution in [0, 0.1) is 20.8 Å². The third-order valence-corrected chi connectivity index (χ3v) is 4.12. The summed E-state index contributed by atoms with van der Waals surface area (Å²) >= 11 is 0. The van der Waals surface area contributed by atoms with Gasteiger partial charge in [0.25, 0.3) is 5.91 Å². The van der Waals surface area contributed by atoms with Gasteiger partial charge in [-0.3, -0.25) is 20.4 Å². The summed E-state index contributed by atoms with van der Waals surface area (Å²) < 4.78 is 11.1. The van der Waals surface area contributed by atoms with Crippen molar-refractivity contribution in [2.75, 3.05) is 6.61 Å². The number of carbonyl (C=O) groups excluding carboxylic acids is 2. The van der Waals surface area contributed by atoms with Gasteiger partial charge in [0.15, 0.2) is 12.4 Å². The predicted octanol–water partition coefficient (Wildman–Crippen LogP) is 3.20. The smallest absolute Gasteiger partial charge is 0.305 e. The quantitative estimate of drug-likeness (QED) is 0.707. The molecule has 6 heteroatoms. The van der Waals surface area contributed by atoms with Gasteiger partial charge in [-0.05, 0) is 38.0 Å². The SMILES string of the molecule is Cc1cccc(C)c1OCC(=O)NNC(=O)c1oc2ccccc2c1C. The minimum atomic E-state index is -0.515. The minimum absolute atomic E-state index is 0.169. The van der Waals surface area contributed by atoms with Crippen molar-refractivity contribution in [2.45, 2.75) is 20.8 Å². The van der Waals surface area contributed by atoms with Gasteiger partial charge in [0.05, 0.1) is 0 Å². The van der Waals surface area contributed by atoms with Gasteiger partial charge in [-0.25, -0.2) is 0 Å². The molecule has 0 aliphatic carbocycles. The maximum atomic E-state index is 12.3. The fraction of sp³-hybridized carbons (Fsp3) is 0.200. The Bertz CT molecular complexity index is 955. The number of furan rings is 1. The lowest BCUT2D eigenvalue weighted by Gasteiger charge is -2.12. The van der Waals surface area contributed by atoms with Crippen molar-refractivity contribution in [3.63, 3.8) is 0 Å². The average Bonchev–Trinajstić information content (AvgIpc) is 2.96. The molecule has 0 bridgehead atoms. The molecule has 0 spiro atoms. The Hall–Kier alpha value is -3.28. The van der Waals surface area contributed by atoms with Gasteiger partial charge in [-0.2, -0.15) is 0 Å². The first-order chi connectivity index (χ1) is 12.5. The zero-order valence-electron chi connectivity index (χ0n) is 14.9. The lowest BCUT2D eigenvalue weighted by molar-refractivity contribution is -0.123. The van der Waals surface area contributed by atoms with E-state index in [1.165, 1.54) is 0 Å². The van der Waals surface area contributed by atoms with Gasteiger partial charge in [0.1, 0.15) is 11.3 Å². The van der Waals surface area contributed by atoms with E-state index in [9.17, 15) is 9.59 Å². The van der Waals surface area contributed by atoms with E-state index in [0.717, 1.165) is 22.1 Å². The fourth-order valence-electron chi connectivity index (χ4n) is 2.77. The topological polar surface area (TPSA) is 80.6 Å². The van der Waals surface area contributed by atoms with Crippen LogP contribution in [0.1, 0.15) is 27.2 Å². The summed E-state index contributed by atoms with van der Waals surface area (Å²) in [4.78, 5) is 24.2. The number of aryl methyl sites for hydroxylation is 3. The van der Waals surface area contributed by atoms with E-state index < -0.39 is 11.8 Å². The third-order valence-electron chi connectivity index (χ3n) is 4.12. The van der Waals surface area contributed by atoms with E-state index in [-0.39, 0.29) is 12.4 Å². The molecule has 0 aliphatic heterocycles. The maximum Gasteiger partial charge on any atom is 0.305 e. The molecule has 0 saturated heterocycles. The Morgan fingerprint density at radius 3 is 2.35 bits per heavy atom. The minimum Gasteiger partial charge on any atom is -0.483 e. The van der Waals surface area contributed by atoms with Crippen molar-refractivity contribution < 1.29 is 18.7 Å². The highest BCUT2D eigenvalue weighted by Crippen LogP contribution is 2.24. The highest BCUT2D eigenvalue weighted by molar-refractivity contribution is 5.99. The van der Waals surface area contributed by atoms with E-state index in [0.29, 0.717) is 11.3 Å². The summed E-state index contributed by atoms with van der Waals surface area (Å²) in [6.07, 6.45) is 0. The zero-order valence-corrected chi connectivity index (χ0v) is 14.9. The van der Waals surface area contributed by atoms with Gasteiger partial charge in [0.2, 0.25) is 0 Å². The molecule has 3 rings (SSSR count). The summed E-state index contributed by atoms with van der Waals surface area (Å²) in [5, 5.41) is 0.863. The van der Waals surface area contributed by atoms with Gasteiger partial charge in [-0.1, -0.05) is 36.4 Å². The number of rotatable bonds is 4. The van der Waals surface area contributed by atoms with Crippen LogP contribution in [0.2, 0.25) is 0 Å². The standard InChI is InChI=1S/C20H20N2O4/c1-12-7-6-8-13(2)18(12)25-11-17(23)21-22-20(24)19-14(3)15-9-4-5-10-16(15)26-19/h4-10H,11H2,1-3H3,(H,21,23)(H,22,24). The summed E-state index contributed by atoms with van der Waals surface area (Å²) in [7, 11) is 0. The highest BCUT2D eigenvalue weighted by atomic mass is 16.5. The van der Waals surface area contributed by atoms with Crippen molar-refractivity contribution in [1.82, 2.24) is 10.9 Å². The molecule has 26 heavy (non-hydrogen) atoms. The molecule has 134 valence electrons. The van der Waals surface area contributed by atoms with E-state index in [1.807, 2.05) is 50.2 Å². The number of nitrogens with one attached hydrogen (secondary N) is 2. The van der Waals surface area contributed by atoms with Crippen LogP contribution in [-0.4, -0.2) is 18.4 Å². The van der Waals surface area contributed by atoms with E-state index in [4.69, 9.17) is 9.15 Å². The Balaban J connectivity index is 1.58. The Morgan fingerprint density at radius 1 is 0.962 bits per heavy atom. The Labute approximate surface area is 151 Å². The largest absolute Gasteiger partial charge is 0.483 e. The molecule has 0 unspecified atom stereocenters. The predicted molar refractivity (Wildman–Crippen MR) is 98.0 cm³/mol. The molecule has 2 aromatic carbocycles. The first kappa shape index (κ1) is 17.5. The summed E-state index contributed by atoms with van der Waals surface area (Å²) in [6, 6.07) is 13.1. The van der Waals surface area contributed by atoms with Crippen molar-refractivity contribution in [3.8, 4) is 5.75 Å². The summed E-state index contributed by atoms with van der Waals surface area (Å²) in [5.74, 6) is -0.141. The second kappa shape index (κ2) is 7.31. The van der Waals surface area contributed by atoms with Crippen LogP contribution in [0.15, 0.2) is 46.9 Å². The van der Waals surface area contributed by atoms with Crippen molar-refractivity contribution in [1.29, 1.82) is 0 Å². The Kier molecular flexibility index (Phi) is 4.93. The molecule has 6 nitrogen and oxygen atoms in total. The number of hydrogen-bond acceptors (Lipinski definition) is 4. The number of ether oxygens (including phenoxy) is 1. The number of fused-ring (bicyclic) bond motifs is 1. The molecule has 0 aliphatic rings. The van der Waals surface area contributed by atoms with Gasteiger partial charge < -0.3 is 9.15 Å². The molecule has 2 amide bonds. The number of hydrogen-bond donors (Lipinski definition) is 2. The summed E-state index contributed by atoms with van der Waals surface area (Å²) in [6.45, 7) is 5.41. The lowest BCUT2D eigenvalue weighted by Crippen LogP contribution is -2.44. The second-order valence-corrected chi connectivity index (χ2v) is 6.06. The van der Waals surface area contributed by atoms with Gasteiger partial charge in [0, 0.05) is 10.9 Å². The normalized spacial score (nSPS) is 10.6. The van der Waals surface area contributed by atoms with Crippen LogP contribution >= 0.6 is 0 Å². The molecule has 0 fully saturated rings.